The molecule has 0 aliphatic rings. The van der Waals surface area contributed by atoms with Crippen LogP contribution in [0.5, 0.6) is 0 Å². The first-order valence-corrected chi connectivity index (χ1v) is 4.81. The number of benzene rings is 1. The Kier molecular flexibility index (Phi) is 3.94. The molecule has 0 N–H and O–H groups in total. The van der Waals surface area contributed by atoms with Gasteiger partial charge in [-0.2, -0.15) is 5.26 Å². The average molecular weight is 209 g/mol. The van der Waals surface area contributed by atoms with E-state index in [2.05, 4.69) is 6.07 Å². The highest BCUT2D eigenvalue weighted by atomic mass is 35.5. The number of rotatable bonds is 3. The van der Waals surface area contributed by atoms with Gasteiger partial charge in [-0.15, -0.1) is 0 Å². The molecule has 0 bridgehead atoms. The number of nitriles is 1. The molecule has 1 unspecified atom stereocenters. The van der Waals surface area contributed by atoms with Crippen molar-refractivity contribution < 1.29 is 0 Å². The van der Waals surface area contributed by atoms with E-state index in [1.165, 1.54) is 0 Å². The lowest BCUT2D eigenvalue weighted by Gasteiger charge is -2.14. The Balaban J connectivity index is 2.80. The second-order valence-electron chi connectivity index (χ2n) is 3.50. The lowest BCUT2D eigenvalue weighted by Crippen LogP contribution is -2.19. The van der Waals surface area contributed by atoms with Gasteiger partial charge in [0.05, 0.1) is 12.0 Å². The molecule has 0 saturated carbocycles. The lowest BCUT2D eigenvalue weighted by atomic mass is 10.0. The maximum Gasteiger partial charge on any atom is 0.0839 e. The van der Waals surface area contributed by atoms with Gasteiger partial charge >= 0.3 is 0 Å². The Bertz CT molecular complexity index is 324. The van der Waals surface area contributed by atoms with Crippen LogP contribution >= 0.6 is 11.6 Å². The molecular weight excluding hydrogens is 196 g/mol. The minimum Gasteiger partial charge on any atom is -0.308 e. The molecule has 0 aliphatic carbocycles. The summed E-state index contributed by atoms with van der Waals surface area (Å²) in [4.78, 5) is 2.00. The summed E-state index contributed by atoms with van der Waals surface area (Å²) in [5.74, 6) is -0.0812. The number of likely N-dealkylation sites (N-methyl/N-ethyl adjacent to an activating group) is 1. The van der Waals surface area contributed by atoms with Crippen LogP contribution in [0.15, 0.2) is 24.3 Å². The minimum absolute atomic E-state index is 0.0812. The molecule has 1 aromatic carbocycles. The van der Waals surface area contributed by atoms with E-state index in [1.807, 2.05) is 43.3 Å². The van der Waals surface area contributed by atoms with Crippen molar-refractivity contribution in [1.82, 2.24) is 4.90 Å². The molecule has 1 aromatic rings. The molecule has 0 heterocycles. The summed E-state index contributed by atoms with van der Waals surface area (Å²) in [5.41, 5.74) is 1.02. The number of hydrogen-bond acceptors (Lipinski definition) is 2. The van der Waals surface area contributed by atoms with E-state index in [4.69, 9.17) is 16.9 Å². The van der Waals surface area contributed by atoms with Gasteiger partial charge in [-0.3, -0.25) is 0 Å². The fourth-order valence-electron chi connectivity index (χ4n) is 1.28. The molecule has 2 nitrogen and oxygen atoms in total. The van der Waals surface area contributed by atoms with Crippen molar-refractivity contribution >= 4 is 11.6 Å². The Hall–Kier alpha value is -1.04. The summed E-state index contributed by atoms with van der Waals surface area (Å²) in [7, 11) is 3.92. The van der Waals surface area contributed by atoms with Crippen LogP contribution in [0.3, 0.4) is 0 Å². The predicted octanol–water partition coefficient (Wildman–Crippen LogP) is 2.51. The zero-order valence-electron chi connectivity index (χ0n) is 8.37. The van der Waals surface area contributed by atoms with Crippen LogP contribution in [0.2, 0.25) is 5.02 Å². The molecule has 1 rings (SSSR count). The van der Waals surface area contributed by atoms with Crippen molar-refractivity contribution in [3.63, 3.8) is 0 Å². The molecule has 1 atom stereocenters. The van der Waals surface area contributed by atoms with E-state index < -0.39 is 0 Å². The molecule has 0 amide bonds. The van der Waals surface area contributed by atoms with Gasteiger partial charge in [0.25, 0.3) is 0 Å². The van der Waals surface area contributed by atoms with Gasteiger partial charge in [0.1, 0.15) is 0 Å². The van der Waals surface area contributed by atoms with E-state index in [0.29, 0.717) is 5.02 Å². The molecule has 74 valence electrons. The molecule has 0 spiro atoms. The highest BCUT2D eigenvalue weighted by Crippen LogP contribution is 2.18. The zero-order chi connectivity index (χ0) is 10.6. The van der Waals surface area contributed by atoms with Crippen molar-refractivity contribution in [2.45, 2.75) is 5.92 Å². The lowest BCUT2D eigenvalue weighted by molar-refractivity contribution is 0.398. The molecular formula is C11H13ClN2. The van der Waals surface area contributed by atoms with Gasteiger partial charge in [-0.05, 0) is 31.8 Å². The number of halogens is 1. The van der Waals surface area contributed by atoms with Gasteiger partial charge in [0.15, 0.2) is 0 Å². The van der Waals surface area contributed by atoms with Crippen molar-refractivity contribution in [3.8, 4) is 6.07 Å². The summed E-state index contributed by atoms with van der Waals surface area (Å²) in [6, 6.07) is 9.72. The fraction of sp³-hybridized carbons (Fsp3) is 0.364. The van der Waals surface area contributed by atoms with E-state index in [1.54, 1.807) is 0 Å². The average Bonchev–Trinajstić information content (AvgIpc) is 2.15. The van der Waals surface area contributed by atoms with Crippen molar-refractivity contribution in [1.29, 1.82) is 5.26 Å². The molecule has 0 aliphatic heterocycles. The van der Waals surface area contributed by atoms with Crippen LogP contribution < -0.4 is 0 Å². The van der Waals surface area contributed by atoms with Crippen LogP contribution in [0, 0.1) is 11.3 Å². The number of nitrogens with zero attached hydrogens (tertiary/aromatic N) is 2. The summed E-state index contributed by atoms with van der Waals surface area (Å²) in [6.45, 7) is 0.734. The first-order chi connectivity index (χ1) is 6.63. The molecule has 3 heteroatoms. The Labute approximate surface area is 89.7 Å². The SMILES string of the molecule is CN(C)CC(C#N)c1ccc(Cl)cc1. The quantitative estimate of drug-likeness (QED) is 0.763. The Morgan fingerprint density at radius 1 is 1.36 bits per heavy atom. The van der Waals surface area contributed by atoms with Crippen LogP contribution in [0.1, 0.15) is 11.5 Å². The number of hydrogen-bond donors (Lipinski definition) is 0. The third-order valence-electron chi connectivity index (χ3n) is 1.98. The topological polar surface area (TPSA) is 27.0 Å². The van der Waals surface area contributed by atoms with E-state index in [0.717, 1.165) is 12.1 Å². The van der Waals surface area contributed by atoms with Gasteiger partial charge in [0.2, 0.25) is 0 Å². The standard InChI is InChI=1S/C11H13ClN2/c1-14(2)8-10(7-13)9-3-5-11(12)6-4-9/h3-6,10H,8H2,1-2H3. The van der Waals surface area contributed by atoms with Crippen LogP contribution in [-0.4, -0.2) is 25.5 Å². The second-order valence-corrected chi connectivity index (χ2v) is 3.93. The maximum absolute atomic E-state index is 8.99. The molecule has 0 radical (unpaired) electrons. The van der Waals surface area contributed by atoms with E-state index >= 15 is 0 Å². The molecule has 0 fully saturated rings. The molecule has 14 heavy (non-hydrogen) atoms. The van der Waals surface area contributed by atoms with E-state index in [-0.39, 0.29) is 5.92 Å². The maximum atomic E-state index is 8.99. The summed E-state index contributed by atoms with van der Waals surface area (Å²) < 4.78 is 0. The first-order valence-electron chi connectivity index (χ1n) is 4.43. The Morgan fingerprint density at radius 2 is 1.93 bits per heavy atom. The summed E-state index contributed by atoms with van der Waals surface area (Å²) in [5, 5.41) is 9.69. The van der Waals surface area contributed by atoms with Crippen molar-refractivity contribution in [3.05, 3.63) is 34.9 Å². The third-order valence-corrected chi connectivity index (χ3v) is 2.23. The second kappa shape index (κ2) is 4.99. The predicted molar refractivity (Wildman–Crippen MR) is 58.4 cm³/mol. The highest BCUT2D eigenvalue weighted by Gasteiger charge is 2.10. The third kappa shape index (κ3) is 3.02. The van der Waals surface area contributed by atoms with Gasteiger partial charge in [0, 0.05) is 11.6 Å². The summed E-state index contributed by atoms with van der Waals surface area (Å²) in [6.07, 6.45) is 0. The minimum atomic E-state index is -0.0812. The smallest absolute Gasteiger partial charge is 0.0839 e. The van der Waals surface area contributed by atoms with Crippen molar-refractivity contribution in [2.75, 3.05) is 20.6 Å². The van der Waals surface area contributed by atoms with Crippen molar-refractivity contribution in [2.24, 2.45) is 0 Å². The van der Waals surface area contributed by atoms with Gasteiger partial charge in [-0.25, -0.2) is 0 Å². The monoisotopic (exact) mass is 208 g/mol. The normalized spacial score (nSPS) is 12.5. The Morgan fingerprint density at radius 3 is 2.36 bits per heavy atom. The van der Waals surface area contributed by atoms with E-state index in [9.17, 15) is 0 Å². The van der Waals surface area contributed by atoms with Gasteiger partial charge in [-0.1, -0.05) is 23.7 Å². The van der Waals surface area contributed by atoms with Crippen LogP contribution in [-0.2, 0) is 0 Å². The zero-order valence-corrected chi connectivity index (χ0v) is 9.12. The fourth-order valence-corrected chi connectivity index (χ4v) is 1.41. The van der Waals surface area contributed by atoms with Crippen LogP contribution in [0.4, 0.5) is 0 Å². The largest absolute Gasteiger partial charge is 0.308 e. The van der Waals surface area contributed by atoms with Crippen LogP contribution in [0.25, 0.3) is 0 Å². The summed E-state index contributed by atoms with van der Waals surface area (Å²) >= 11 is 5.77. The highest BCUT2D eigenvalue weighted by molar-refractivity contribution is 6.30. The molecule has 0 aromatic heterocycles. The molecule has 0 saturated heterocycles. The van der Waals surface area contributed by atoms with Gasteiger partial charge < -0.3 is 4.90 Å². The first kappa shape index (κ1) is 11.0.